The molecule has 0 atom stereocenters. The van der Waals surface area contributed by atoms with Crippen molar-refractivity contribution in [3.8, 4) is 34.4 Å². The van der Waals surface area contributed by atoms with Gasteiger partial charge >= 0.3 is 0 Å². The van der Waals surface area contributed by atoms with Crippen molar-refractivity contribution >= 4 is 0 Å². The van der Waals surface area contributed by atoms with Gasteiger partial charge in [-0.1, -0.05) is 42.5 Å². The van der Waals surface area contributed by atoms with Crippen LogP contribution in [0.4, 0.5) is 0 Å². The minimum atomic E-state index is 0.335. The fraction of sp³-hybridized carbons (Fsp3) is 0.172. The topological polar surface area (TPSA) is 76.4 Å². The molecule has 4 rings (SSSR count). The maximum Gasteiger partial charge on any atom is 0.130 e. The summed E-state index contributed by atoms with van der Waals surface area (Å²) in [6, 6.07) is 25.5. The van der Waals surface area contributed by atoms with Gasteiger partial charge in [-0.05, 0) is 40.5 Å². The van der Waals surface area contributed by atoms with Gasteiger partial charge in [-0.25, -0.2) is 0 Å². The maximum atomic E-state index is 9.53. The summed E-state index contributed by atoms with van der Waals surface area (Å²) >= 11 is 0. The van der Waals surface area contributed by atoms with Crippen molar-refractivity contribution in [2.45, 2.75) is 19.7 Å². The number of rotatable bonds is 10. The number of ether oxygens (including phenoxy) is 3. The summed E-state index contributed by atoms with van der Waals surface area (Å²) in [5.41, 5.74) is 5.54. The minimum Gasteiger partial charge on any atom is -0.496 e. The Hall–Kier alpha value is -4.34. The summed E-state index contributed by atoms with van der Waals surface area (Å²) in [7, 11) is 3.28. The lowest BCUT2D eigenvalue weighted by Crippen LogP contribution is -2.14. The average Bonchev–Trinajstić information content (AvgIpc) is 2.92. The second kappa shape index (κ2) is 11.7. The standard InChI is InChI=1S/C29H27N3O3/c1-33-28-15-24(16-29(34-2)27(28)19-32-18-21-11-13-31-14-12-21)35-20-23-8-4-6-10-26(23)25-9-5-3-7-22(25)17-30/h3-16,32H,18-20H2,1-2H3. The molecule has 0 unspecified atom stereocenters. The molecule has 176 valence electrons. The fourth-order valence-electron chi connectivity index (χ4n) is 3.94. The second-order valence-electron chi connectivity index (χ2n) is 7.87. The summed E-state index contributed by atoms with van der Waals surface area (Å²) in [4.78, 5) is 4.05. The minimum absolute atomic E-state index is 0.335. The van der Waals surface area contributed by atoms with Crippen molar-refractivity contribution < 1.29 is 14.2 Å². The number of benzene rings is 3. The third kappa shape index (κ3) is 5.78. The van der Waals surface area contributed by atoms with E-state index in [1.807, 2.05) is 72.8 Å². The Morgan fingerprint density at radius 3 is 2.17 bits per heavy atom. The lowest BCUT2D eigenvalue weighted by molar-refractivity contribution is 0.300. The molecule has 0 aliphatic heterocycles. The summed E-state index contributed by atoms with van der Waals surface area (Å²) < 4.78 is 17.5. The largest absolute Gasteiger partial charge is 0.496 e. The van der Waals surface area contributed by atoms with Crippen molar-refractivity contribution in [2.24, 2.45) is 0 Å². The molecule has 1 heterocycles. The van der Waals surface area contributed by atoms with Crippen LogP contribution in [0.5, 0.6) is 17.2 Å². The SMILES string of the molecule is COc1cc(OCc2ccccc2-c2ccccc2C#N)cc(OC)c1CNCc1ccncc1. The lowest BCUT2D eigenvalue weighted by atomic mass is 9.96. The third-order valence-corrected chi connectivity index (χ3v) is 5.71. The van der Waals surface area contributed by atoms with Crippen LogP contribution in [0, 0.1) is 11.3 Å². The summed E-state index contributed by atoms with van der Waals surface area (Å²) in [6.07, 6.45) is 3.56. The number of nitriles is 1. The summed E-state index contributed by atoms with van der Waals surface area (Å²) in [6.45, 7) is 1.61. The zero-order valence-corrected chi connectivity index (χ0v) is 19.8. The fourth-order valence-corrected chi connectivity index (χ4v) is 3.94. The van der Waals surface area contributed by atoms with Crippen LogP contribution in [-0.2, 0) is 19.7 Å². The molecule has 3 aromatic carbocycles. The molecule has 4 aromatic rings. The number of hydrogen-bond donors (Lipinski definition) is 1. The molecule has 0 bridgehead atoms. The zero-order valence-electron chi connectivity index (χ0n) is 19.8. The molecule has 0 spiro atoms. The highest BCUT2D eigenvalue weighted by atomic mass is 16.5. The Balaban J connectivity index is 1.52. The first kappa shape index (κ1) is 23.8. The summed E-state index contributed by atoms with van der Waals surface area (Å²) in [5, 5.41) is 13.0. The first-order valence-electron chi connectivity index (χ1n) is 11.3. The highest BCUT2D eigenvalue weighted by Gasteiger charge is 2.15. The van der Waals surface area contributed by atoms with Crippen molar-refractivity contribution in [1.82, 2.24) is 10.3 Å². The van der Waals surface area contributed by atoms with Crippen LogP contribution in [0.1, 0.15) is 22.3 Å². The van der Waals surface area contributed by atoms with Crippen LogP contribution in [0.2, 0.25) is 0 Å². The van der Waals surface area contributed by atoms with Crippen LogP contribution in [0.25, 0.3) is 11.1 Å². The van der Waals surface area contributed by atoms with Gasteiger partial charge in [-0.15, -0.1) is 0 Å². The van der Waals surface area contributed by atoms with E-state index in [-0.39, 0.29) is 0 Å². The first-order valence-corrected chi connectivity index (χ1v) is 11.3. The van der Waals surface area contributed by atoms with E-state index in [9.17, 15) is 5.26 Å². The highest BCUT2D eigenvalue weighted by Crippen LogP contribution is 2.35. The number of aromatic nitrogens is 1. The number of methoxy groups -OCH3 is 2. The predicted octanol–water partition coefficient (Wildman–Crippen LogP) is 5.51. The van der Waals surface area contributed by atoms with Gasteiger partial charge in [0.1, 0.15) is 23.9 Å². The molecule has 35 heavy (non-hydrogen) atoms. The maximum absolute atomic E-state index is 9.53. The molecule has 1 aromatic heterocycles. The monoisotopic (exact) mass is 465 g/mol. The molecule has 0 amide bonds. The van der Waals surface area contributed by atoms with E-state index in [0.29, 0.717) is 42.5 Å². The molecule has 0 aliphatic rings. The van der Waals surface area contributed by atoms with Gasteiger partial charge in [0.2, 0.25) is 0 Å². The van der Waals surface area contributed by atoms with Gasteiger partial charge in [-0.2, -0.15) is 5.26 Å². The van der Waals surface area contributed by atoms with E-state index in [1.165, 1.54) is 0 Å². The van der Waals surface area contributed by atoms with Crippen LogP contribution in [0.3, 0.4) is 0 Å². The Morgan fingerprint density at radius 2 is 1.49 bits per heavy atom. The Kier molecular flexibility index (Phi) is 7.95. The van der Waals surface area contributed by atoms with E-state index >= 15 is 0 Å². The van der Waals surface area contributed by atoms with Crippen molar-refractivity contribution in [3.05, 3.63) is 107 Å². The zero-order chi connectivity index (χ0) is 24.5. The number of nitrogens with one attached hydrogen (secondary N) is 1. The normalized spacial score (nSPS) is 10.4. The van der Waals surface area contributed by atoms with Gasteiger partial charge in [0.25, 0.3) is 0 Å². The van der Waals surface area contributed by atoms with E-state index in [1.54, 1.807) is 26.6 Å². The van der Waals surface area contributed by atoms with E-state index in [2.05, 4.69) is 16.4 Å². The van der Waals surface area contributed by atoms with E-state index in [4.69, 9.17) is 14.2 Å². The molecule has 1 N–H and O–H groups in total. The van der Waals surface area contributed by atoms with Crippen LogP contribution in [-0.4, -0.2) is 19.2 Å². The van der Waals surface area contributed by atoms with Crippen LogP contribution in [0.15, 0.2) is 85.2 Å². The average molecular weight is 466 g/mol. The molecule has 6 heteroatoms. The van der Waals surface area contributed by atoms with Gasteiger partial charge in [0, 0.05) is 37.6 Å². The van der Waals surface area contributed by atoms with Gasteiger partial charge in [0.15, 0.2) is 0 Å². The van der Waals surface area contributed by atoms with Gasteiger partial charge in [-0.3, -0.25) is 4.98 Å². The first-order chi connectivity index (χ1) is 17.2. The van der Waals surface area contributed by atoms with Crippen LogP contribution < -0.4 is 19.5 Å². The molecule has 0 radical (unpaired) electrons. The molecule has 0 saturated heterocycles. The Bertz CT molecular complexity index is 1290. The Labute approximate surface area is 205 Å². The smallest absolute Gasteiger partial charge is 0.130 e. The molecule has 6 nitrogen and oxygen atoms in total. The van der Waals surface area contributed by atoms with Crippen molar-refractivity contribution in [1.29, 1.82) is 5.26 Å². The van der Waals surface area contributed by atoms with E-state index < -0.39 is 0 Å². The molecule has 0 saturated carbocycles. The second-order valence-corrected chi connectivity index (χ2v) is 7.87. The quantitative estimate of drug-likeness (QED) is 0.333. The molecule has 0 fully saturated rings. The number of nitrogens with zero attached hydrogens (tertiary/aromatic N) is 2. The lowest BCUT2D eigenvalue weighted by Gasteiger charge is -2.17. The highest BCUT2D eigenvalue weighted by molar-refractivity contribution is 5.73. The molecule has 0 aliphatic carbocycles. The van der Waals surface area contributed by atoms with Crippen LogP contribution >= 0.6 is 0 Å². The molecular formula is C29H27N3O3. The number of pyridine rings is 1. The van der Waals surface area contributed by atoms with Gasteiger partial charge < -0.3 is 19.5 Å². The number of hydrogen-bond acceptors (Lipinski definition) is 6. The van der Waals surface area contributed by atoms with Crippen molar-refractivity contribution in [3.63, 3.8) is 0 Å². The molecular weight excluding hydrogens is 438 g/mol. The Morgan fingerprint density at radius 1 is 0.829 bits per heavy atom. The summed E-state index contributed by atoms with van der Waals surface area (Å²) in [5.74, 6) is 2.01. The third-order valence-electron chi connectivity index (χ3n) is 5.71. The van der Waals surface area contributed by atoms with Crippen molar-refractivity contribution in [2.75, 3.05) is 14.2 Å². The van der Waals surface area contributed by atoms with E-state index in [0.717, 1.165) is 27.8 Å². The predicted molar refractivity (Wildman–Crippen MR) is 135 cm³/mol. The van der Waals surface area contributed by atoms with Gasteiger partial charge in [0.05, 0.1) is 31.4 Å².